The molecule has 0 amide bonds. The fourth-order valence-corrected chi connectivity index (χ4v) is 2.94. The van der Waals surface area contributed by atoms with Crippen molar-refractivity contribution in [1.29, 1.82) is 0 Å². The first kappa shape index (κ1) is 22.3. The fraction of sp³-hybridized carbons (Fsp3) is 0.238. The van der Waals surface area contributed by atoms with Gasteiger partial charge in [-0.25, -0.2) is 9.59 Å². The van der Waals surface area contributed by atoms with Gasteiger partial charge in [0.2, 0.25) is 12.1 Å². The van der Waals surface area contributed by atoms with Crippen LogP contribution in [0.25, 0.3) is 0 Å². The van der Waals surface area contributed by atoms with Crippen LogP contribution in [0.5, 0.6) is 0 Å². The van der Waals surface area contributed by atoms with E-state index in [1.165, 1.54) is 25.6 Å². The van der Waals surface area contributed by atoms with E-state index in [1.54, 1.807) is 55.5 Å². The number of Topliss-reactive ketones (excluding diaryl/α,β-unsaturated/α-hetero) is 1. The molecule has 0 saturated carbocycles. The number of oxime groups is 1. The Labute approximate surface area is 172 Å². The molecule has 1 unspecified atom stereocenters. The van der Waals surface area contributed by atoms with E-state index >= 15 is 0 Å². The minimum absolute atomic E-state index is 0.0799. The summed E-state index contributed by atoms with van der Waals surface area (Å²) < 4.78 is 4.87. The highest BCUT2D eigenvalue weighted by Gasteiger charge is 2.13. The summed E-state index contributed by atoms with van der Waals surface area (Å²) in [6, 6.07) is 13.7. The van der Waals surface area contributed by atoms with E-state index in [0.29, 0.717) is 17.5 Å². The average Bonchev–Trinajstić information content (AvgIpc) is 2.72. The molecule has 0 heterocycles. The third kappa shape index (κ3) is 6.85. The highest BCUT2D eigenvalue weighted by Crippen LogP contribution is 2.28. The van der Waals surface area contributed by atoms with Crippen LogP contribution in [0.4, 0.5) is 0 Å². The third-order valence-corrected chi connectivity index (χ3v) is 4.69. The summed E-state index contributed by atoms with van der Waals surface area (Å²) in [5, 5.41) is 12.9. The summed E-state index contributed by atoms with van der Waals surface area (Å²) in [4.78, 5) is 41.1. The van der Waals surface area contributed by atoms with Crippen LogP contribution in [-0.4, -0.2) is 34.8 Å². The van der Waals surface area contributed by atoms with E-state index in [2.05, 4.69) is 9.99 Å². The Hall–Kier alpha value is -2.97. The van der Waals surface area contributed by atoms with Gasteiger partial charge in [0.25, 0.3) is 0 Å². The number of hydrogen-bond acceptors (Lipinski definition) is 8. The number of rotatable bonds is 8. The van der Waals surface area contributed by atoms with Crippen LogP contribution in [0.2, 0.25) is 0 Å². The van der Waals surface area contributed by atoms with Gasteiger partial charge in [-0.15, -0.1) is 0 Å². The molecule has 0 saturated heterocycles. The number of hydrogen-bond donors (Lipinski definition) is 1. The largest absolute Gasteiger partial charge is 0.432 e. The van der Waals surface area contributed by atoms with Crippen molar-refractivity contribution in [2.24, 2.45) is 5.16 Å². The van der Waals surface area contributed by atoms with Gasteiger partial charge in [-0.3, -0.25) is 4.79 Å². The number of esters is 1. The van der Waals surface area contributed by atoms with E-state index in [9.17, 15) is 19.5 Å². The van der Waals surface area contributed by atoms with Crippen molar-refractivity contribution in [3.05, 3.63) is 59.7 Å². The minimum atomic E-state index is -1.11. The molecule has 0 aliphatic rings. The molecular weight excluding hydrogens is 394 g/mol. The predicted octanol–water partition coefficient (Wildman–Crippen LogP) is 3.84. The normalized spacial score (nSPS) is 12.2. The zero-order chi connectivity index (χ0) is 21.4. The lowest BCUT2D eigenvalue weighted by molar-refractivity contribution is -0.140. The quantitative estimate of drug-likeness (QED) is 0.174. The maximum atomic E-state index is 12.2. The molecule has 2 aromatic carbocycles. The second-order valence-corrected chi connectivity index (χ2v) is 7.15. The third-order valence-electron chi connectivity index (χ3n) is 3.67. The van der Waals surface area contributed by atoms with Crippen molar-refractivity contribution in [2.45, 2.75) is 43.3 Å². The van der Waals surface area contributed by atoms with E-state index in [4.69, 9.17) is 4.74 Å². The van der Waals surface area contributed by atoms with Crippen LogP contribution in [0.3, 0.4) is 0 Å². The Morgan fingerprint density at radius 1 is 0.966 bits per heavy atom. The number of ether oxygens (including phenoxy) is 1. The van der Waals surface area contributed by atoms with Crippen molar-refractivity contribution in [2.75, 3.05) is 0 Å². The van der Waals surface area contributed by atoms with Gasteiger partial charge in [0.05, 0.1) is 5.56 Å². The molecule has 8 heteroatoms. The van der Waals surface area contributed by atoms with Gasteiger partial charge in [0, 0.05) is 28.7 Å². The monoisotopic (exact) mass is 415 g/mol. The summed E-state index contributed by atoms with van der Waals surface area (Å²) in [5.74, 6) is -1.51. The lowest BCUT2D eigenvalue weighted by atomic mass is 10.1. The molecular formula is C21H21NO6S. The molecule has 0 fully saturated rings. The van der Waals surface area contributed by atoms with Crippen LogP contribution in [-0.2, 0) is 14.4 Å². The van der Waals surface area contributed by atoms with Crippen LogP contribution >= 0.6 is 11.8 Å². The fourth-order valence-electron chi connectivity index (χ4n) is 2.13. The molecule has 1 atom stereocenters. The van der Waals surface area contributed by atoms with Crippen molar-refractivity contribution in [1.82, 2.24) is 0 Å². The summed E-state index contributed by atoms with van der Waals surface area (Å²) in [5.41, 5.74) is 0.858. The first-order valence-electron chi connectivity index (χ1n) is 8.84. The number of benzene rings is 2. The van der Waals surface area contributed by atoms with Gasteiger partial charge in [-0.1, -0.05) is 23.8 Å². The maximum absolute atomic E-state index is 12.2. The first-order valence-corrected chi connectivity index (χ1v) is 9.65. The SMILES string of the molecule is CCC(O)OC(=O)c1ccc(Sc2ccc(C(=O)/C(C)=N/OC(C)=O)cc2)cc1. The molecule has 1 N–H and O–H groups in total. The Bertz CT molecular complexity index is 906. The van der Waals surface area contributed by atoms with Gasteiger partial charge >= 0.3 is 11.9 Å². The van der Waals surface area contributed by atoms with E-state index in [0.717, 1.165) is 9.79 Å². The Balaban J connectivity index is 2.01. The molecule has 0 aliphatic carbocycles. The molecule has 2 aromatic rings. The lowest BCUT2D eigenvalue weighted by Crippen LogP contribution is -2.16. The number of aliphatic hydroxyl groups is 1. The second kappa shape index (κ2) is 10.5. The zero-order valence-corrected chi connectivity index (χ0v) is 17.1. The number of carbonyl (C=O) groups excluding carboxylic acids is 3. The summed E-state index contributed by atoms with van der Waals surface area (Å²) in [6.45, 7) is 4.39. The Morgan fingerprint density at radius 3 is 1.97 bits per heavy atom. The van der Waals surface area contributed by atoms with E-state index < -0.39 is 18.2 Å². The highest BCUT2D eigenvalue weighted by molar-refractivity contribution is 7.99. The van der Waals surface area contributed by atoms with Crippen molar-refractivity contribution in [3.63, 3.8) is 0 Å². The molecule has 7 nitrogen and oxygen atoms in total. The maximum Gasteiger partial charge on any atom is 0.340 e. The summed E-state index contributed by atoms with van der Waals surface area (Å²) in [7, 11) is 0. The number of carbonyl (C=O) groups is 3. The van der Waals surface area contributed by atoms with Crippen LogP contribution in [0.1, 0.15) is 47.9 Å². The minimum Gasteiger partial charge on any atom is -0.432 e. The molecule has 0 radical (unpaired) electrons. The van der Waals surface area contributed by atoms with Gasteiger partial charge in [-0.2, -0.15) is 0 Å². The first-order chi connectivity index (χ1) is 13.8. The predicted molar refractivity (Wildman–Crippen MR) is 108 cm³/mol. The van der Waals surface area contributed by atoms with Crippen LogP contribution in [0.15, 0.2) is 63.5 Å². The van der Waals surface area contributed by atoms with E-state index in [1.807, 2.05) is 0 Å². The summed E-state index contributed by atoms with van der Waals surface area (Å²) >= 11 is 1.46. The number of nitrogens with zero attached hydrogens (tertiary/aromatic N) is 1. The molecule has 0 aromatic heterocycles. The van der Waals surface area contributed by atoms with Crippen molar-refractivity contribution < 1.29 is 29.1 Å². The van der Waals surface area contributed by atoms with Crippen molar-refractivity contribution >= 4 is 35.2 Å². The number of ketones is 1. The number of aliphatic hydroxyl groups excluding tert-OH is 1. The Morgan fingerprint density at radius 2 is 1.48 bits per heavy atom. The molecule has 0 bridgehead atoms. The lowest BCUT2D eigenvalue weighted by Gasteiger charge is -2.10. The van der Waals surface area contributed by atoms with Crippen molar-refractivity contribution in [3.8, 4) is 0 Å². The Kier molecular flexibility index (Phi) is 8.11. The molecule has 0 aliphatic heterocycles. The molecule has 0 spiro atoms. The average molecular weight is 415 g/mol. The summed E-state index contributed by atoms with van der Waals surface area (Å²) in [6.07, 6.45) is -0.784. The smallest absolute Gasteiger partial charge is 0.340 e. The molecule has 2 rings (SSSR count). The van der Waals surface area contributed by atoms with Crippen LogP contribution in [0, 0.1) is 0 Å². The topological polar surface area (TPSA) is 102 Å². The standard InChI is InChI=1S/C21H21NO6S/c1-4-19(24)27-21(26)16-7-11-18(12-8-16)29-17-9-5-15(6-10-17)20(25)13(2)22-28-14(3)23/h5-12,19,24H,4H2,1-3H3/b22-13+. The molecule has 152 valence electrons. The van der Waals surface area contributed by atoms with E-state index in [-0.39, 0.29) is 11.5 Å². The van der Waals surface area contributed by atoms with Gasteiger partial charge < -0.3 is 14.7 Å². The molecule has 29 heavy (non-hydrogen) atoms. The highest BCUT2D eigenvalue weighted by atomic mass is 32.2. The van der Waals surface area contributed by atoms with Gasteiger partial charge in [-0.05, 0) is 55.5 Å². The zero-order valence-electron chi connectivity index (χ0n) is 16.2. The van der Waals surface area contributed by atoms with Crippen LogP contribution < -0.4 is 0 Å². The van der Waals surface area contributed by atoms with Gasteiger partial charge in [0.15, 0.2) is 0 Å². The van der Waals surface area contributed by atoms with Gasteiger partial charge in [0.1, 0.15) is 5.71 Å². The second-order valence-electron chi connectivity index (χ2n) is 6.01.